The first-order valence-electron chi connectivity index (χ1n) is 11.1. The van der Waals surface area contributed by atoms with E-state index < -0.39 is 5.97 Å². The lowest BCUT2D eigenvalue weighted by Gasteiger charge is -2.09. The van der Waals surface area contributed by atoms with Crippen molar-refractivity contribution in [1.82, 2.24) is 15.1 Å². The summed E-state index contributed by atoms with van der Waals surface area (Å²) in [4.78, 5) is 24.0. The molecule has 0 radical (unpaired) electrons. The zero-order chi connectivity index (χ0) is 24.1. The van der Waals surface area contributed by atoms with E-state index in [9.17, 15) is 14.7 Å². The van der Waals surface area contributed by atoms with E-state index in [1.54, 1.807) is 19.2 Å². The van der Waals surface area contributed by atoms with Crippen LogP contribution in [0.15, 0.2) is 66.7 Å². The van der Waals surface area contributed by atoms with Gasteiger partial charge in [-0.15, -0.1) is 0 Å². The molecule has 0 fully saturated rings. The van der Waals surface area contributed by atoms with Gasteiger partial charge >= 0.3 is 5.97 Å². The SMILES string of the molecule is COCCCNC(=O)c1ccc2c(c1)c(C)nn2Cc1ccc(-c2ccccc2C(=O)O)cc1. The number of benzene rings is 3. The lowest BCUT2D eigenvalue weighted by molar-refractivity contribution is 0.0697. The number of ether oxygens (including phenoxy) is 1. The van der Waals surface area contributed by atoms with Gasteiger partial charge in [-0.25, -0.2) is 4.79 Å². The van der Waals surface area contributed by atoms with Gasteiger partial charge in [0.2, 0.25) is 0 Å². The van der Waals surface area contributed by atoms with Gasteiger partial charge in [0.1, 0.15) is 0 Å². The molecule has 1 amide bonds. The van der Waals surface area contributed by atoms with E-state index in [1.807, 2.05) is 66.2 Å². The first-order chi connectivity index (χ1) is 16.5. The molecule has 0 aliphatic rings. The smallest absolute Gasteiger partial charge is 0.336 e. The lowest BCUT2D eigenvalue weighted by atomic mass is 9.99. The molecule has 0 spiro atoms. The van der Waals surface area contributed by atoms with Crippen LogP contribution in [0.25, 0.3) is 22.0 Å². The summed E-state index contributed by atoms with van der Waals surface area (Å²) in [5, 5.41) is 18.0. The minimum Gasteiger partial charge on any atom is -0.478 e. The van der Waals surface area contributed by atoms with Crippen molar-refractivity contribution in [3.05, 3.63) is 89.1 Å². The third-order valence-electron chi connectivity index (χ3n) is 5.76. The summed E-state index contributed by atoms with van der Waals surface area (Å²) in [7, 11) is 1.64. The molecule has 0 bridgehead atoms. The van der Waals surface area contributed by atoms with E-state index in [1.165, 1.54) is 0 Å². The first-order valence-corrected chi connectivity index (χ1v) is 11.1. The fourth-order valence-electron chi connectivity index (χ4n) is 4.01. The van der Waals surface area contributed by atoms with Crippen LogP contribution in [0.2, 0.25) is 0 Å². The van der Waals surface area contributed by atoms with Crippen LogP contribution in [-0.2, 0) is 11.3 Å². The van der Waals surface area contributed by atoms with Gasteiger partial charge < -0.3 is 15.2 Å². The van der Waals surface area contributed by atoms with Crippen molar-refractivity contribution in [2.45, 2.75) is 19.9 Å². The van der Waals surface area contributed by atoms with E-state index in [2.05, 4.69) is 10.4 Å². The van der Waals surface area contributed by atoms with Crippen LogP contribution >= 0.6 is 0 Å². The third-order valence-corrected chi connectivity index (χ3v) is 5.76. The summed E-state index contributed by atoms with van der Waals surface area (Å²) in [6, 6.07) is 20.4. The van der Waals surface area contributed by atoms with Gasteiger partial charge in [0, 0.05) is 31.2 Å². The van der Waals surface area contributed by atoms with Crippen molar-refractivity contribution in [3.63, 3.8) is 0 Å². The Labute approximate surface area is 198 Å². The standard InChI is InChI=1S/C27H27N3O4/c1-18-24-16-21(26(31)28-14-5-15-34-2)12-13-25(24)30(29-18)17-19-8-10-20(11-9-19)22-6-3-4-7-23(22)27(32)33/h3-4,6-13,16H,5,14-15,17H2,1-2H3,(H,28,31)(H,32,33). The topological polar surface area (TPSA) is 93.5 Å². The van der Waals surface area contributed by atoms with Crippen molar-refractivity contribution >= 4 is 22.8 Å². The van der Waals surface area contributed by atoms with Gasteiger partial charge in [0.25, 0.3) is 5.91 Å². The molecule has 2 N–H and O–H groups in total. The number of aromatic nitrogens is 2. The van der Waals surface area contributed by atoms with Crippen molar-refractivity contribution < 1.29 is 19.4 Å². The lowest BCUT2D eigenvalue weighted by Crippen LogP contribution is -2.25. The number of fused-ring (bicyclic) bond motifs is 1. The number of amides is 1. The average molecular weight is 458 g/mol. The molecule has 7 heteroatoms. The molecule has 7 nitrogen and oxygen atoms in total. The molecule has 0 saturated carbocycles. The summed E-state index contributed by atoms with van der Waals surface area (Å²) in [5.74, 6) is -1.05. The van der Waals surface area contributed by atoms with Crippen molar-refractivity contribution in [2.24, 2.45) is 0 Å². The number of nitrogens with zero attached hydrogens (tertiary/aromatic N) is 2. The molecule has 4 aromatic rings. The van der Waals surface area contributed by atoms with Gasteiger partial charge in [-0.05, 0) is 54.3 Å². The van der Waals surface area contributed by atoms with Crippen LogP contribution < -0.4 is 5.32 Å². The number of hydrogen-bond donors (Lipinski definition) is 2. The predicted octanol–water partition coefficient (Wildman–Crippen LogP) is 4.52. The molecular formula is C27H27N3O4. The van der Waals surface area contributed by atoms with Crippen LogP contribution in [0.3, 0.4) is 0 Å². The summed E-state index contributed by atoms with van der Waals surface area (Å²) < 4.78 is 6.93. The molecule has 1 aromatic heterocycles. The van der Waals surface area contributed by atoms with Gasteiger partial charge in [-0.1, -0.05) is 42.5 Å². The Hall–Kier alpha value is -3.97. The number of aromatic carboxylic acids is 1. The number of rotatable bonds is 9. The van der Waals surface area contributed by atoms with Gasteiger partial charge in [-0.3, -0.25) is 9.48 Å². The number of carbonyl (C=O) groups is 2. The van der Waals surface area contributed by atoms with Crippen LogP contribution in [0.1, 0.15) is 38.4 Å². The zero-order valence-electron chi connectivity index (χ0n) is 19.2. The largest absolute Gasteiger partial charge is 0.478 e. The number of aryl methyl sites for hydroxylation is 1. The number of methoxy groups -OCH3 is 1. The summed E-state index contributed by atoms with van der Waals surface area (Å²) >= 11 is 0. The number of carbonyl (C=O) groups excluding carboxylic acids is 1. The van der Waals surface area contributed by atoms with Gasteiger partial charge in [0.15, 0.2) is 0 Å². The summed E-state index contributed by atoms with van der Waals surface area (Å²) in [6.07, 6.45) is 0.766. The maximum absolute atomic E-state index is 12.5. The fraction of sp³-hybridized carbons (Fsp3) is 0.222. The van der Waals surface area contributed by atoms with Gasteiger partial charge in [0.05, 0.1) is 23.3 Å². The Morgan fingerprint density at radius 2 is 1.82 bits per heavy atom. The number of carboxylic acids is 1. The monoisotopic (exact) mass is 457 g/mol. The second kappa shape index (κ2) is 10.3. The maximum Gasteiger partial charge on any atom is 0.336 e. The first kappa shape index (κ1) is 23.2. The number of nitrogens with one attached hydrogen (secondary N) is 1. The van der Waals surface area contributed by atoms with Crippen LogP contribution in [-0.4, -0.2) is 47.0 Å². The molecule has 1 heterocycles. The van der Waals surface area contributed by atoms with Crippen molar-refractivity contribution in [2.75, 3.05) is 20.3 Å². The highest BCUT2D eigenvalue weighted by Crippen LogP contribution is 2.25. The minimum atomic E-state index is -0.943. The van der Waals surface area contributed by atoms with Crippen molar-refractivity contribution in [3.8, 4) is 11.1 Å². The van der Waals surface area contributed by atoms with Gasteiger partial charge in [-0.2, -0.15) is 5.10 Å². The van der Waals surface area contributed by atoms with Crippen LogP contribution in [0.4, 0.5) is 0 Å². The number of hydrogen-bond acceptors (Lipinski definition) is 4. The van der Waals surface area contributed by atoms with Crippen LogP contribution in [0.5, 0.6) is 0 Å². The Kier molecular flexibility index (Phi) is 7.04. The molecule has 0 unspecified atom stereocenters. The van der Waals surface area contributed by atoms with E-state index >= 15 is 0 Å². The average Bonchev–Trinajstić information content (AvgIpc) is 3.16. The van der Waals surface area contributed by atoms with E-state index in [-0.39, 0.29) is 11.5 Å². The highest BCUT2D eigenvalue weighted by molar-refractivity contribution is 5.98. The molecule has 0 atom stereocenters. The number of carboxylic acid groups (broad SMARTS) is 1. The highest BCUT2D eigenvalue weighted by Gasteiger charge is 2.13. The Morgan fingerprint density at radius 1 is 1.06 bits per heavy atom. The van der Waals surface area contributed by atoms with E-state index in [4.69, 9.17) is 4.74 Å². The second-order valence-corrected chi connectivity index (χ2v) is 8.12. The molecule has 0 aliphatic heterocycles. The quantitative estimate of drug-likeness (QED) is 0.360. The fourth-order valence-corrected chi connectivity index (χ4v) is 4.01. The molecule has 3 aromatic carbocycles. The Morgan fingerprint density at radius 3 is 2.56 bits per heavy atom. The summed E-state index contributed by atoms with van der Waals surface area (Å²) in [5.41, 5.74) is 5.28. The zero-order valence-corrected chi connectivity index (χ0v) is 19.2. The van der Waals surface area contributed by atoms with E-state index in [0.717, 1.165) is 34.1 Å². The predicted molar refractivity (Wildman–Crippen MR) is 131 cm³/mol. The summed E-state index contributed by atoms with van der Waals surface area (Å²) in [6.45, 7) is 3.67. The molecule has 34 heavy (non-hydrogen) atoms. The molecule has 0 aliphatic carbocycles. The molecule has 174 valence electrons. The third kappa shape index (κ3) is 5.00. The maximum atomic E-state index is 12.5. The van der Waals surface area contributed by atoms with Crippen LogP contribution in [0, 0.1) is 6.92 Å². The Balaban J connectivity index is 1.53. The minimum absolute atomic E-state index is 0.109. The Bertz CT molecular complexity index is 1330. The van der Waals surface area contributed by atoms with E-state index in [0.29, 0.717) is 30.8 Å². The highest BCUT2D eigenvalue weighted by atomic mass is 16.5. The molecular weight excluding hydrogens is 430 g/mol. The molecule has 0 saturated heterocycles. The molecule has 4 rings (SSSR count). The second-order valence-electron chi connectivity index (χ2n) is 8.12. The van der Waals surface area contributed by atoms with Crippen molar-refractivity contribution in [1.29, 1.82) is 0 Å². The normalized spacial score (nSPS) is 11.0.